The summed E-state index contributed by atoms with van der Waals surface area (Å²) in [6.45, 7) is 2.19. The van der Waals surface area contributed by atoms with Crippen LogP contribution in [0.1, 0.15) is 21.6 Å². The van der Waals surface area contributed by atoms with E-state index in [9.17, 15) is 18.0 Å². The molecule has 0 spiro atoms. The molecule has 4 rings (SSSR count). The number of carbonyl (C=O) groups excluding carboxylic acids is 1. The van der Waals surface area contributed by atoms with Crippen molar-refractivity contribution in [1.29, 1.82) is 0 Å². The van der Waals surface area contributed by atoms with E-state index in [1.54, 1.807) is 24.0 Å². The molecule has 1 aromatic carbocycles. The van der Waals surface area contributed by atoms with Crippen molar-refractivity contribution in [3.8, 4) is 5.82 Å². The lowest BCUT2D eigenvalue weighted by Gasteiger charge is -2.18. The average molecular weight is 428 g/mol. The van der Waals surface area contributed by atoms with E-state index in [-0.39, 0.29) is 16.4 Å². The van der Waals surface area contributed by atoms with Gasteiger partial charge in [0.05, 0.1) is 22.3 Å². The van der Waals surface area contributed by atoms with Crippen LogP contribution in [-0.2, 0) is 16.4 Å². The third-order valence-corrected chi connectivity index (χ3v) is 6.90. The molecule has 0 saturated heterocycles. The fourth-order valence-corrected chi connectivity index (χ4v) is 4.36. The molecule has 0 aliphatic carbocycles. The van der Waals surface area contributed by atoms with E-state index >= 15 is 0 Å². The van der Waals surface area contributed by atoms with Gasteiger partial charge in [-0.2, -0.15) is 10.2 Å². The summed E-state index contributed by atoms with van der Waals surface area (Å²) in [5, 5.41) is 10.5. The van der Waals surface area contributed by atoms with E-state index in [4.69, 9.17) is 0 Å². The number of sulfonamides is 1. The Hall–Kier alpha value is -3.31. The van der Waals surface area contributed by atoms with Crippen LogP contribution in [0, 0.1) is 6.92 Å². The summed E-state index contributed by atoms with van der Waals surface area (Å²) in [6.07, 6.45) is 2.03. The fraction of sp³-hybridized carbons (Fsp3) is 0.263. The van der Waals surface area contributed by atoms with Crippen LogP contribution < -0.4 is 10.5 Å². The molecule has 3 heterocycles. The number of rotatable bonds is 4. The molecule has 2 aromatic heterocycles. The van der Waals surface area contributed by atoms with Gasteiger partial charge in [-0.25, -0.2) is 22.5 Å². The highest BCUT2D eigenvalue weighted by Crippen LogP contribution is 2.32. The van der Waals surface area contributed by atoms with E-state index < -0.39 is 10.0 Å². The van der Waals surface area contributed by atoms with Crippen molar-refractivity contribution in [3.63, 3.8) is 0 Å². The van der Waals surface area contributed by atoms with Gasteiger partial charge in [0.15, 0.2) is 5.82 Å². The molecule has 1 aliphatic heterocycles. The predicted octanol–water partition coefficient (Wildman–Crippen LogP) is 0.717. The van der Waals surface area contributed by atoms with Gasteiger partial charge in [0, 0.05) is 32.4 Å². The molecule has 1 amide bonds. The van der Waals surface area contributed by atoms with E-state index in [1.165, 1.54) is 43.2 Å². The van der Waals surface area contributed by atoms with Gasteiger partial charge in [0.2, 0.25) is 10.0 Å². The summed E-state index contributed by atoms with van der Waals surface area (Å²) in [4.78, 5) is 26.2. The Labute approximate surface area is 172 Å². The van der Waals surface area contributed by atoms with Crippen LogP contribution >= 0.6 is 0 Å². The largest absolute Gasteiger partial charge is 0.308 e. The van der Waals surface area contributed by atoms with Crippen LogP contribution in [0.25, 0.3) is 5.82 Å². The number of benzene rings is 1. The number of aromatic amines is 1. The third-order valence-electron chi connectivity index (χ3n) is 5.09. The van der Waals surface area contributed by atoms with Crippen molar-refractivity contribution in [3.05, 3.63) is 63.7 Å². The highest BCUT2D eigenvalue weighted by atomic mass is 32.2. The highest BCUT2D eigenvalue weighted by Gasteiger charge is 2.30. The summed E-state index contributed by atoms with van der Waals surface area (Å²) >= 11 is 0. The number of nitrogens with one attached hydrogen (secondary N) is 1. The Morgan fingerprint density at radius 2 is 1.97 bits per heavy atom. The molecule has 156 valence electrons. The predicted molar refractivity (Wildman–Crippen MR) is 109 cm³/mol. The number of aromatic nitrogens is 4. The van der Waals surface area contributed by atoms with Crippen molar-refractivity contribution in [2.75, 3.05) is 25.5 Å². The topological polar surface area (TPSA) is 121 Å². The Balaban J connectivity index is 1.66. The zero-order valence-electron chi connectivity index (χ0n) is 16.7. The Kier molecular flexibility index (Phi) is 4.79. The first-order chi connectivity index (χ1) is 14.2. The maximum Gasteiger partial charge on any atom is 0.264 e. The second kappa shape index (κ2) is 7.18. The Morgan fingerprint density at radius 3 is 2.63 bits per heavy atom. The van der Waals surface area contributed by atoms with Crippen LogP contribution in [-0.4, -0.2) is 59.2 Å². The number of fused-ring (bicyclic) bond motifs is 1. The Morgan fingerprint density at radius 1 is 1.20 bits per heavy atom. The number of hydrogen-bond donors (Lipinski definition) is 1. The lowest BCUT2D eigenvalue weighted by Crippen LogP contribution is -2.29. The van der Waals surface area contributed by atoms with Crippen molar-refractivity contribution in [2.24, 2.45) is 0 Å². The normalized spacial score (nSPS) is 13.7. The van der Waals surface area contributed by atoms with E-state index in [0.717, 1.165) is 9.87 Å². The van der Waals surface area contributed by atoms with Gasteiger partial charge in [-0.1, -0.05) is 0 Å². The second-order valence-corrected chi connectivity index (χ2v) is 9.27. The van der Waals surface area contributed by atoms with Crippen LogP contribution in [0.3, 0.4) is 0 Å². The maximum atomic E-state index is 13.2. The van der Waals surface area contributed by atoms with Gasteiger partial charge >= 0.3 is 0 Å². The molecule has 0 unspecified atom stereocenters. The summed E-state index contributed by atoms with van der Waals surface area (Å²) in [5.74, 6) is 0.164. The van der Waals surface area contributed by atoms with Gasteiger partial charge < -0.3 is 4.90 Å². The van der Waals surface area contributed by atoms with E-state index in [0.29, 0.717) is 35.7 Å². The molecule has 11 heteroatoms. The lowest BCUT2D eigenvalue weighted by atomic mass is 10.1. The van der Waals surface area contributed by atoms with E-state index in [2.05, 4.69) is 15.3 Å². The number of hydrogen-bond acceptors (Lipinski definition) is 6. The Bertz CT molecular complexity index is 1290. The minimum Gasteiger partial charge on any atom is -0.308 e. The number of anilines is 1. The monoisotopic (exact) mass is 428 g/mol. The molecule has 1 N–H and O–H groups in total. The van der Waals surface area contributed by atoms with Gasteiger partial charge in [-0.05, 0) is 43.2 Å². The molecule has 0 atom stereocenters. The van der Waals surface area contributed by atoms with Gasteiger partial charge in [-0.3, -0.25) is 9.59 Å². The minimum absolute atomic E-state index is 0.202. The molecular weight excluding hydrogens is 408 g/mol. The first-order valence-corrected chi connectivity index (χ1v) is 10.6. The standard InChI is InChI=1S/C19H20N6O4S/c1-12-15(11-20-25(12)17-6-7-18(26)22-21-17)19(27)24-9-8-13-10-14(4-5-16(13)24)30(28,29)23(2)3/h4-7,10-11H,8-9H2,1-3H3,(H,22,26). The van der Waals surface area contributed by atoms with Crippen LogP contribution in [0.4, 0.5) is 5.69 Å². The molecule has 0 saturated carbocycles. The molecular formula is C19H20N6O4S. The molecule has 0 bridgehead atoms. The van der Waals surface area contributed by atoms with Gasteiger partial charge in [0.25, 0.3) is 11.5 Å². The molecule has 0 fully saturated rings. The van der Waals surface area contributed by atoms with Crippen LogP contribution in [0.5, 0.6) is 0 Å². The third kappa shape index (κ3) is 3.21. The molecule has 0 radical (unpaired) electrons. The van der Waals surface area contributed by atoms with Crippen LogP contribution in [0.15, 0.2) is 46.2 Å². The summed E-state index contributed by atoms with van der Waals surface area (Å²) in [5.41, 5.74) is 2.15. The zero-order chi connectivity index (χ0) is 21.6. The first-order valence-electron chi connectivity index (χ1n) is 9.18. The van der Waals surface area contributed by atoms with Crippen LogP contribution in [0.2, 0.25) is 0 Å². The molecule has 30 heavy (non-hydrogen) atoms. The molecule has 1 aliphatic rings. The first kappa shape index (κ1) is 20.0. The summed E-state index contributed by atoms with van der Waals surface area (Å²) in [6, 6.07) is 7.66. The highest BCUT2D eigenvalue weighted by molar-refractivity contribution is 7.89. The van der Waals surface area contributed by atoms with Gasteiger partial charge in [0.1, 0.15) is 0 Å². The number of carbonyl (C=O) groups is 1. The lowest BCUT2D eigenvalue weighted by molar-refractivity contribution is 0.0988. The minimum atomic E-state index is -3.54. The van der Waals surface area contributed by atoms with Crippen molar-refractivity contribution < 1.29 is 13.2 Å². The van der Waals surface area contributed by atoms with Crippen molar-refractivity contribution in [1.82, 2.24) is 24.3 Å². The van der Waals surface area contributed by atoms with Gasteiger partial charge in [-0.15, -0.1) is 0 Å². The number of nitrogens with zero attached hydrogens (tertiary/aromatic N) is 5. The van der Waals surface area contributed by atoms with Crippen molar-refractivity contribution >= 4 is 21.6 Å². The molecule has 3 aromatic rings. The van der Waals surface area contributed by atoms with Crippen molar-refractivity contribution in [2.45, 2.75) is 18.2 Å². The maximum absolute atomic E-state index is 13.2. The SMILES string of the molecule is Cc1c(C(=O)N2CCc3cc(S(=O)(=O)N(C)C)ccc32)cnn1-c1ccc(=O)[nH]n1. The second-order valence-electron chi connectivity index (χ2n) is 7.12. The quantitative estimate of drug-likeness (QED) is 0.653. The summed E-state index contributed by atoms with van der Waals surface area (Å²) < 4.78 is 27.4. The molecule has 10 nitrogen and oxygen atoms in total. The smallest absolute Gasteiger partial charge is 0.264 e. The number of amides is 1. The fourth-order valence-electron chi connectivity index (χ4n) is 3.41. The average Bonchev–Trinajstić information content (AvgIpc) is 3.31. The summed E-state index contributed by atoms with van der Waals surface area (Å²) in [7, 11) is -0.577. The number of H-pyrrole nitrogens is 1. The van der Waals surface area contributed by atoms with E-state index in [1.807, 2.05) is 0 Å². The zero-order valence-corrected chi connectivity index (χ0v) is 17.5.